The SMILES string of the molecule is COCC(N)C(=O)NCCCC(C)C. The van der Waals surface area contributed by atoms with Gasteiger partial charge < -0.3 is 15.8 Å². The van der Waals surface area contributed by atoms with E-state index in [1.54, 1.807) is 0 Å². The number of amides is 1. The third-order valence-electron chi connectivity index (χ3n) is 1.94. The second-order valence-corrected chi connectivity index (χ2v) is 3.89. The van der Waals surface area contributed by atoms with E-state index >= 15 is 0 Å². The molecule has 0 aromatic rings. The van der Waals surface area contributed by atoms with Crippen LogP contribution >= 0.6 is 0 Å². The van der Waals surface area contributed by atoms with E-state index in [-0.39, 0.29) is 12.5 Å². The van der Waals surface area contributed by atoms with Gasteiger partial charge >= 0.3 is 0 Å². The molecule has 0 fully saturated rings. The van der Waals surface area contributed by atoms with Gasteiger partial charge in [0, 0.05) is 13.7 Å². The highest BCUT2D eigenvalue weighted by atomic mass is 16.5. The van der Waals surface area contributed by atoms with E-state index in [9.17, 15) is 4.79 Å². The van der Waals surface area contributed by atoms with E-state index < -0.39 is 6.04 Å². The van der Waals surface area contributed by atoms with Gasteiger partial charge in [0.25, 0.3) is 0 Å². The molecule has 0 aliphatic rings. The van der Waals surface area contributed by atoms with Gasteiger partial charge in [-0.05, 0) is 18.8 Å². The van der Waals surface area contributed by atoms with Crippen molar-refractivity contribution in [2.24, 2.45) is 11.7 Å². The van der Waals surface area contributed by atoms with E-state index in [0.717, 1.165) is 12.8 Å². The molecule has 0 aromatic carbocycles. The number of nitrogens with two attached hydrogens (primary N) is 1. The van der Waals surface area contributed by atoms with Gasteiger partial charge in [-0.1, -0.05) is 13.8 Å². The average molecular weight is 202 g/mol. The maximum absolute atomic E-state index is 11.3. The van der Waals surface area contributed by atoms with Crippen LogP contribution in [0.1, 0.15) is 26.7 Å². The summed E-state index contributed by atoms with van der Waals surface area (Å²) in [5.74, 6) is 0.551. The minimum Gasteiger partial charge on any atom is -0.383 e. The first kappa shape index (κ1) is 13.4. The fourth-order valence-electron chi connectivity index (χ4n) is 1.11. The van der Waals surface area contributed by atoms with E-state index in [0.29, 0.717) is 12.5 Å². The molecular formula is C10H22N2O2. The van der Waals surface area contributed by atoms with Gasteiger partial charge in [-0.15, -0.1) is 0 Å². The Morgan fingerprint density at radius 1 is 1.50 bits per heavy atom. The summed E-state index contributed by atoms with van der Waals surface area (Å²) in [5, 5.41) is 2.78. The maximum atomic E-state index is 11.3. The monoisotopic (exact) mass is 202 g/mol. The van der Waals surface area contributed by atoms with Gasteiger partial charge in [0.2, 0.25) is 5.91 Å². The number of hydrogen-bond donors (Lipinski definition) is 2. The lowest BCUT2D eigenvalue weighted by Crippen LogP contribution is -2.43. The molecular weight excluding hydrogens is 180 g/mol. The number of methoxy groups -OCH3 is 1. The maximum Gasteiger partial charge on any atom is 0.239 e. The lowest BCUT2D eigenvalue weighted by molar-refractivity contribution is -0.123. The standard InChI is InChI=1S/C10H22N2O2/c1-8(2)5-4-6-12-10(13)9(11)7-14-3/h8-9H,4-7,11H2,1-3H3,(H,12,13). The number of rotatable bonds is 7. The molecule has 1 atom stereocenters. The van der Waals surface area contributed by atoms with Crippen LogP contribution in [0.3, 0.4) is 0 Å². The number of carbonyl (C=O) groups is 1. The topological polar surface area (TPSA) is 64.3 Å². The predicted molar refractivity (Wildman–Crippen MR) is 56.9 cm³/mol. The van der Waals surface area contributed by atoms with Crippen molar-refractivity contribution in [1.29, 1.82) is 0 Å². The molecule has 3 N–H and O–H groups in total. The molecule has 84 valence electrons. The zero-order valence-corrected chi connectivity index (χ0v) is 9.38. The van der Waals surface area contributed by atoms with Crippen LogP contribution in [0, 0.1) is 5.92 Å². The first-order valence-corrected chi connectivity index (χ1v) is 5.10. The van der Waals surface area contributed by atoms with Crippen LogP contribution in [0.15, 0.2) is 0 Å². The molecule has 4 nitrogen and oxygen atoms in total. The highest BCUT2D eigenvalue weighted by molar-refractivity contribution is 5.81. The van der Waals surface area contributed by atoms with Crippen LogP contribution in [-0.4, -0.2) is 32.2 Å². The molecule has 0 saturated carbocycles. The first-order chi connectivity index (χ1) is 6.57. The third-order valence-corrected chi connectivity index (χ3v) is 1.94. The highest BCUT2D eigenvalue weighted by Crippen LogP contribution is 2.01. The van der Waals surface area contributed by atoms with Gasteiger partial charge in [0.05, 0.1) is 6.61 Å². The van der Waals surface area contributed by atoms with Crippen LogP contribution in [0.5, 0.6) is 0 Å². The molecule has 0 bridgehead atoms. The Kier molecular flexibility index (Phi) is 7.42. The minimum atomic E-state index is -0.543. The molecule has 0 aliphatic heterocycles. The molecule has 0 rings (SSSR count). The summed E-state index contributed by atoms with van der Waals surface area (Å²) in [4.78, 5) is 11.3. The molecule has 0 heterocycles. The molecule has 0 aromatic heterocycles. The van der Waals surface area contributed by atoms with E-state index in [1.165, 1.54) is 7.11 Å². The molecule has 4 heteroatoms. The lowest BCUT2D eigenvalue weighted by Gasteiger charge is -2.11. The molecule has 0 spiro atoms. The van der Waals surface area contributed by atoms with E-state index in [2.05, 4.69) is 19.2 Å². The van der Waals surface area contributed by atoms with E-state index in [1.807, 2.05) is 0 Å². The van der Waals surface area contributed by atoms with Crippen molar-refractivity contribution >= 4 is 5.91 Å². The first-order valence-electron chi connectivity index (χ1n) is 5.10. The fourth-order valence-corrected chi connectivity index (χ4v) is 1.11. The van der Waals surface area contributed by atoms with Gasteiger partial charge in [-0.2, -0.15) is 0 Å². The zero-order chi connectivity index (χ0) is 11.0. The number of hydrogen-bond acceptors (Lipinski definition) is 3. The highest BCUT2D eigenvalue weighted by Gasteiger charge is 2.11. The van der Waals surface area contributed by atoms with Crippen LogP contribution in [0.25, 0.3) is 0 Å². The summed E-state index contributed by atoms with van der Waals surface area (Å²) >= 11 is 0. The van der Waals surface area contributed by atoms with E-state index in [4.69, 9.17) is 10.5 Å². The Bertz CT molecular complexity index is 160. The smallest absolute Gasteiger partial charge is 0.239 e. The van der Waals surface area contributed by atoms with Crippen LogP contribution in [0.4, 0.5) is 0 Å². The normalized spacial score (nSPS) is 12.9. The van der Waals surface area contributed by atoms with Crippen LogP contribution < -0.4 is 11.1 Å². The predicted octanol–water partition coefficient (Wildman–Crippen LogP) is 0.513. The van der Waals surface area contributed by atoms with Crippen LogP contribution in [0.2, 0.25) is 0 Å². The Hall–Kier alpha value is -0.610. The average Bonchev–Trinajstić information content (AvgIpc) is 2.12. The minimum absolute atomic E-state index is 0.129. The molecule has 1 unspecified atom stereocenters. The molecule has 0 saturated heterocycles. The summed E-state index contributed by atoms with van der Waals surface area (Å²) in [6.45, 7) is 5.31. The number of nitrogens with one attached hydrogen (secondary N) is 1. The van der Waals surface area contributed by atoms with Crippen molar-refractivity contribution in [3.63, 3.8) is 0 Å². The van der Waals surface area contributed by atoms with Gasteiger partial charge in [0.1, 0.15) is 6.04 Å². The second kappa shape index (κ2) is 7.76. The molecule has 0 aliphatic carbocycles. The summed E-state index contributed by atoms with van der Waals surface area (Å²) < 4.78 is 4.78. The summed E-state index contributed by atoms with van der Waals surface area (Å²) in [5.41, 5.74) is 5.53. The fraction of sp³-hybridized carbons (Fsp3) is 0.900. The van der Waals surface area contributed by atoms with Crippen LogP contribution in [-0.2, 0) is 9.53 Å². The zero-order valence-electron chi connectivity index (χ0n) is 9.38. The van der Waals surface area contributed by atoms with Gasteiger partial charge in [0.15, 0.2) is 0 Å². The Balaban J connectivity index is 3.44. The number of ether oxygens (including phenoxy) is 1. The van der Waals surface area contributed by atoms with Crippen molar-refractivity contribution in [1.82, 2.24) is 5.32 Å². The Morgan fingerprint density at radius 2 is 2.14 bits per heavy atom. The Morgan fingerprint density at radius 3 is 2.64 bits per heavy atom. The molecule has 1 amide bonds. The van der Waals surface area contributed by atoms with Gasteiger partial charge in [-0.25, -0.2) is 0 Å². The molecule has 0 radical (unpaired) electrons. The number of carbonyl (C=O) groups excluding carboxylic acids is 1. The quantitative estimate of drug-likeness (QED) is 0.591. The van der Waals surface area contributed by atoms with Crippen molar-refractivity contribution in [2.75, 3.05) is 20.3 Å². The Labute approximate surface area is 86.2 Å². The van der Waals surface area contributed by atoms with Crippen molar-refractivity contribution in [3.8, 4) is 0 Å². The largest absolute Gasteiger partial charge is 0.383 e. The van der Waals surface area contributed by atoms with Crippen molar-refractivity contribution < 1.29 is 9.53 Å². The second-order valence-electron chi connectivity index (χ2n) is 3.89. The molecule has 14 heavy (non-hydrogen) atoms. The third kappa shape index (κ3) is 6.86. The summed E-state index contributed by atoms with van der Waals surface area (Å²) in [6.07, 6.45) is 2.13. The summed E-state index contributed by atoms with van der Waals surface area (Å²) in [7, 11) is 1.53. The summed E-state index contributed by atoms with van der Waals surface area (Å²) in [6, 6.07) is -0.543. The van der Waals surface area contributed by atoms with Crippen molar-refractivity contribution in [3.05, 3.63) is 0 Å². The van der Waals surface area contributed by atoms with Gasteiger partial charge in [-0.3, -0.25) is 4.79 Å². The lowest BCUT2D eigenvalue weighted by atomic mass is 10.1. The van der Waals surface area contributed by atoms with Crippen molar-refractivity contribution in [2.45, 2.75) is 32.7 Å².